The quantitative estimate of drug-likeness (QED) is 0.832. The van der Waals surface area contributed by atoms with E-state index < -0.39 is 0 Å². The van der Waals surface area contributed by atoms with E-state index in [0.717, 1.165) is 48.8 Å². The predicted octanol–water partition coefficient (Wildman–Crippen LogP) is 2.88. The van der Waals surface area contributed by atoms with Crippen molar-refractivity contribution in [3.05, 3.63) is 36.0 Å². The van der Waals surface area contributed by atoms with Crippen molar-refractivity contribution < 1.29 is 9.59 Å². The van der Waals surface area contributed by atoms with Crippen LogP contribution in [0, 0.1) is 12.8 Å². The molecule has 1 aromatic heterocycles. The maximum Gasteiger partial charge on any atom is 0.223 e. The number of hydrogen-bond acceptors (Lipinski definition) is 4. The Kier molecular flexibility index (Phi) is 6.02. The molecule has 1 aromatic carbocycles. The minimum absolute atomic E-state index is 0.0251. The molecular formula is C21H29N5O2. The van der Waals surface area contributed by atoms with E-state index in [1.54, 1.807) is 0 Å². The Morgan fingerprint density at radius 3 is 2.36 bits per heavy atom. The number of aryl methyl sites for hydroxylation is 1. The molecule has 2 amide bonds. The Morgan fingerprint density at radius 2 is 1.79 bits per heavy atom. The molecule has 2 aromatic rings. The van der Waals surface area contributed by atoms with Crippen LogP contribution in [-0.4, -0.2) is 40.7 Å². The van der Waals surface area contributed by atoms with Crippen molar-refractivity contribution >= 4 is 23.3 Å². The molecule has 0 spiro atoms. The maximum absolute atomic E-state index is 12.4. The van der Waals surface area contributed by atoms with Crippen molar-refractivity contribution in [2.24, 2.45) is 5.92 Å². The highest BCUT2D eigenvalue weighted by molar-refractivity contribution is 5.93. The maximum atomic E-state index is 12.4. The molecule has 1 saturated heterocycles. The number of nitrogens with one attached hydrogen (secondary N) is 2. The second kappa shape index (κ2) is 8.46. The zero-order valence-electron chi connectivity index (χ0n) is 17.0. The number of benzene rings is 1. The van der Waals surface area contributed by atoms with Crippen LogP contribution >= 0.6 is 0 Å². The van der Waals surface area contributed by atoms with Crippen molar-refractivity contribution in [2.75, 3.05) is 23.3 Å². The Balaban J connectivity index is 1.88. The average Bonchev–Trinajstić information content (AvgIpc) is 2.98. The summed E-state index contributed by atoms with van der Waals surface area (Å²) in [5.74, 6) is 0.909. The van der Waals surface area contributed by atoms with Gasteiger partial charge in [-0.25, -0.2) is 4.68 Å². The Morgan fingerprint density at radius 1 is 1.14 bits per heavy atom. The van der Waals surface area contributed by atoms with E-state index >= 15 is 0 Å². The summed E-state index contributed by atoms with van der Waals surface area (Å²) in [6, 6.07) is 10.0. The fraction of sp³-hybridized carbons (Fsp3) is 0.476. The minimum Gasteiger partial charge on any atom is -0.355 e. The zero-order chi connectivity index (χ0) is 20.3. The Labute approximate surface area is 166 Å². The SMILES string of the molecule is CC(=O)Nc1c(C)nn(-c2ccccc2)c1N1CCC(C(=O)NC(C)C)CC1. The molecule has 2 heterocycles. The zero-order valence-corrected chi connectivity index (χ0v) is 17.0. The smallest absolute Gasteiger partial charge is 0.223 e. The monoisotopic (exact) mass is 383 g/mol. The van der Waals surface area contributed by atoms with Gasteiger partial charge < -0.3 is 15.5 Å². The number of nitrogens with zero attached hydrogens (tertiary/aromatic N) is 3. The first-order chi connectivity index (χ1) is 13.4. The van der Waals surface area contributed by atoms with E-state index in [4.69, 9.17) is 0 Å². The molecule has 0 radical (unpaired) electrons. The summed E-state index contributed by atoms with van der Waals surface area (Å²) < 4.78 is 1.88. The van der Waals surface area contributed by atoms with E-state index in [9.17, 15) is 9.59 Å². The van der Waals surface area contributed by atoms with Gasteiger partial charge in [0.15, 0.2) is 5.82 Å². The normalized spacial score (nSPS) is 15.0. The van der Waals surface area contributed by atoms with Crippen molar-refractivity contribution in [2.45, 2.75) is 46.6 Å². The van der Waals surface area contributed by atoms with Gasteiger partial charge in [0.05, 0.1) is 11.4 Å². The second-order valence-electron chi connectivity index (χ2n) is 7.64. The van der Waals surface area contributed by atoms with Crippen molar-refractivity contribution in [1.82, 2.24) is 15.1 Å². The van der Waals surface area contributed by atoms with Crippen LogP contribution in [0.3, 0.4) is 0 Å². The summed E-state index contributed by atoms with van der Waals surface area (Å²) in [5, 5.41) is 10.6. The third kappa shape index (κ3) is 4.35. The fourth-order valence-corrected chi connectivity index (χ4v) is 3.63. The minimum atomic E-state index is -0.122. The first-order valence-electron chi connectivity index (χ1n) is 9.84. The molecule has 28 heavy (non-hydrogen) atoms. The van der Waals surface area contributed by atoms with Crippen molar-refractivity contribution in [3.8, 4) is 5.69 Å². The number of piperidine rings is 1. The molecule has 0 bridgehead atoms. The molecule has 1 aliphatic rings. The summed E-state index contributed by atoms with van der Waals surface area (Å²) in [6.07, 6.45) is 1.55. The van der Waals surface area contributed by atoms with E-state index in [1.807, 2.05) is 55.8 Å². The molecule has 3 rings (SSSR count). The lowest BCUT2D eigenvalue weighted by Gasteiger charge is -2.34. The molecular weight excluding hydrogens is 354 g/mol. The molecule has 0 atom stereocenters. The van der Waals surface area contributed by atoms with Gasteiger partial charge in [-0.1, -0.05) is 18.2 Å². The topological polar surface area (TPSA) is 79.3 Å². The fourth-order valence-electron chi connectivity index (χ4n) is 3.63. The summed E-state index contributed by atoms with van der Waals surface area (Å²) in [4.78, 5) is 26.3. The highest BCUT2D eigenvalue weighted by Gasteiger charge is 2.29. The van der Waals surface area contributed by atoms with Crippen molar-refractivity contribution in [3.63, 3.8) is 0 Å². The number of aromatic nitrogens is 2. The molecule has 1 aliphatic heterocycles. The number of hydrogen-bond donors (Lipinski definition) is 2. The van der Waals surface area contributed by atoms with Crippen LogP contribution in [0.15, 0.2) is 30.3 Å². The standard InChI is InChI=1S/C21H29N5O2/c1-14(2)22-20(28)17-10-12-25(13-11-17)21-19(23-16(4)27)15(3)24-26(21)18-8-6-5-7-9-18/h5-9,14,17H,10-13H2,1-4H3,(H,22,28)(H,23,27). The lowest BCUT2D eigenvalue weighted by molar-refractivity contribution is -0.126. The molecule has 1 fully saturated rings. The number of carbonyl (C=O) groups excluding carboxylic acids is 2. The first-order valence-corrected chi connectivity index (χ1v) is 9.84. The van der Waals surface area contributed by atoms with Crippen LogP contribution in [0.1, 0.15) is 39.3 Å². The van der Waals surface area contributed by atoms with Crippen LogP contribution in [-0.2, 0) is 9.59 Å². The number of anilines is 2. The van der Waals surface area contributed by atoms with Gasteiger partial charge in [0.1, 0.15) is 5.69 Å². The molecule has 7 heteroatoms. The van der Waals surface area contributed by atoms with Gasteiger partial charge in [-0.3, -0.25) is 9.59 Å². The molecule has 0 unspecified atom stereocenters. The highest BCUT2D eigenvalue weighted by atomic mass is 16.2. The van der Waals surface area contributed by atoms with Crippen LogP contribution < -0.4 is 15.5 Å². The van der Waals surface area contributed by atoms with Crippen LogP contribution in [0.2, 0.25) is 0 Å². The third-order valence-electron chi connectivity index (χ3n) is 4.93. The van der Waals surface area contributed by atoms with Crippen LogP contribution in [0.5, 0.6) is 0 Å². The van der Waals surface area contributed by atoms with Gasteiger partial charge in [0, 0.05) is 32.0 Å². The summed E-state index contributed by atoms with van der Waals surface area (Å²) in [5.41, 5.74) is 2.45. The third-order valence-corrected chi connectivity index (χ3v) is 4.93. The summed E-state index contributed by atoms with van der Waals surface area (Å²) in [6.45, 7) is 8.84. The molecule has 150 valence electrons. The number of rotatable bonds is 5. The van der Waals surface area contributed by atoms with Gasteiger partial charge in [-0.05, 0) is 45.7 Å². The second-order valence-corrected chi connectivity index (χ2v) is 7.64. The Bertz CT molecular complexity index is 836. The van der Waals surface area contributed by atoms with Gasteiger partial charge in [0.25, 0.3) is 0 Å². The van der Waals surface area contributed by atoms with Crippen molar-refractivity contribution in [1.29, 1.82) is 0 Å². The summed E-state index contributed by atoms with van der Waals surface area (Å²) >= 11 is 0. The molecule has 7 nitrogen and oxygen atoms in total. The molecule has 2 N–H and O–H groups in total. The average molecular weight is 383 g/mol. The van der Waals surface area contributed by atoms with E-state index in [-0.39, 0.29) is 23.8 Å². The lowest BCUT2D eigenvalue weighted by atomic mass is 9.95. The van der Waals surface area contributed by atoms with Crippen LogP contribution in [0.4, 0.5) is 11.5 Å². The van der Waals surface area contributed by atoms with Gasteiger partial charge in [-0.15, -0.1) is 0 Å². The highest BCUT2D eigenvalue weighted by Crippen LogP contribution is 2.34. The first kappa shape index (κ1) is 19.9. The largest absolute Gasteiger partial charge is 0.355 e. The number of carbonyl (C=O) groups is 2. The van der Waals surface area contributed by atoms with Gasteiger partial charge >= 0.3 is 0 Å². The van der Waals surface area contributed by atoms with Gasteiger partial charge in [-0.2, -0.15) is 5.10 Å². The number of amides is 2. The molecule has 0 saturated carbocycles. The van der Waals surface area contributed by atoms with E-state index in [2.05, 4.69) is 20.6 Å². The predicted molar refractivity (Wildman–Crippen MR) is 111 cm³/mol. The molecule has 0 aliphatic carbocycles. The summed E-state index contributed by atoms with van der Waals surface area (Å²) in [7, 11) is 0. The lowest BCUT2D eigenvalue weighted by Crippen LogP contribution is -2.43. The van der Waals surface area contributed by atoms with E-state index in [0.29, 0.717) is 0 Å². The Hall–Kier alpha value is -2.83. The van der Waals surface area contributed by atoms with E-state index in [1.165, 1.54) is 6.92 Å². The van der Waals surface area contributed by atoms with Gasteiger partial charge in [0.2, 0.25) is 11.8 Å². The van der Waals surface area contributed by atoms with Crippen LogP contribution in [0.25, 0.3) is 5.69 Å². The number of para-hydroxylation sites is 1.